The highest BCUT2D eigenvalue weighted by Crippen LogP contribution is 2.29. The molecular weight excluding hydrogens is 208 g/mol. The summed E-state index contributed by atoms with van der Waals surface area (Å²) in [5, 5.41) is 10.8. The van der Waals surface area contributed by atoms with Gasteiger partial charge in [0.1, 0.15) is 6.10 Å². The first-order chi connectivity index (χ1) is 7.66. The van der Waals surface area contributed by atoms with Crippen LogP contribution in [0.5, 0.6) is 5.88 Å². The first-order valence-corrected chi connectivity index (χ1v) is 5.44. The molecule has 0 aromatic carbocycles. The second-order valence-corrected chi connectivity index (χ2v) is 4.12. The van der Waals surface area contributed by atoms with Crippen LogP contribution in [0.2, 0.25) is 0 Å². The predicted molar refractivity (Wildman–Crippen MR) is 58.5 cm³/mol. The smallest absolute Gasteiger partial charge is 0.331 e. The van der Waals surface area contributed by atoms with Crippen molar-refractivity contribution in [1.82, 2.24) is 4.98 Å². The molecule has 1 heterocycles. The number of pyridine rings is 1. The summed E-state index contributed by atoms with van der Waals surface area (Å²) in [4.78, 5) is 14.4. The first-order valence-electron chi connectivity index (χ1n) is 5.44. The van der Waals surface area contributed by atoms with E-state index in [1.54, 1.807) is 13.1 Å². The van der Waals surface area contributed by atoms with Gasteiger partial charge in [-0.1, -0.05) is 0 Å². The van der Waals surface area contributed by atoms with E-state index in [-0.39, 0.29) is 17.7 Å². The maximum absolute atomic E-state index is 10.8. The third kappa shape index (κ3) is 2.29. The Labute approximate surface area is 93.6 Å². The lowest BCUT2D eigenvalue weighted by Crippen LogP contribution is -2.13. The van der Waals surface area contributed by atoms with Crippen LogP contribution in [0, 0.1) is 17.0 Å². The largest absolute Gasteiger partial charge is 0.469 e. The summed E-state index contributed by atoms with van der Waals surface area (Å²) in [6, 6.07) is 1.50. The van der Waals surface area contributed by atoms with Gasteiger partial charge in [0.05, 0.1) is 4.92 Å². The number of hydrogen-bond donors (Lipinski definition) is 0. The molecule has 0 bridgehead atoms. The zero-order valence-corrected chi connectivity index (χ0v) is 9.18. The minimum Gasteiger partial charge on any atom is -0.469 e. The van der Waals surface area contributed by atoms with Crippen molar-refractivity contribution in [2.24, 2.45) is 0 Å². The molecule has 1 aliphatic carbocycles. The number of ether oxygens (including phenoxy) is 1. The Morgan fingerprint density at radius 2 is 2.19 bits per heavy atom. The van der Waals surface area contributed by atoms with Crippen molar-refractivity contribution < 1.29 is 9.66 Å². The highest BCUT2D eigenvalue weighted by molar-refractivity contribution is 5.42. The number of rotatable bonds is 3. The molecule has 0 radical (unpaired) electrons. The molecule has 1 fully saturated rings. The second-order valence-electron chi connectivity index (χ2n) is 4.12. The van der Waals surface area contributed by atoms with Crippen molar-refractivity contribution in [3.05, 3.63) is 27.9 Å². The van der Waals surface area contributed by atoms with Crippen LogP contribution in [0.15, 0.2) is 12.3 Å². The number of nitrogens with zero attached hydrogens (tertiary/aromatic N) is 2. The van der Waals surface area contributed by atoms with Gasteiger partial charge in [0, 0.05) is 12.3 Å². The predicted octanol–water partition coefficient (Wildman–Crippen LogP) is 2.62. The van der Waals surface area contributed by atoms with Crippen LogP contribution in [-0.4, -0.2) is 16.0 Å². The van der Waals surface area contributed by atoms with Crippen LogP contribution in [-0.2, 0) is 0 Å². The normalized spacial score (nSPS) is 16.3. The molecule has 5 heteroatoms. The second kappa shape index (κ2) is 4.47. The molecule has 0 N–H and O–H groups in total. The minimum absolute atomic E-state index is 0.0353. The summed E-state index contributed by atoms with van der Waals surface area (Å²) >= 11 is 0. The van der Waals surface area contributed by atoms with E-state index in [0.717, 1.165) is 31.2 Å². The molecule has 1 saturated carbocycles. The van der Waals surface area contributed by atoms with Gasteiger partial charge < -0.3 is 4.74 Å². The fourth-order valence-corrected chi connectivity index (χ4v) is 1.93. The van der Waals surface area contributed by atoms with Crippen LogP contribution in [0.1, 0.15) is 31.2 Å². The van der Waals surface area contributed by atoms with E-state index in [9.17, 15) is 10.1 Å². The van der Waals surface area contributed by atoms with Crippen molar-refractivity contribution in [2.75, 3.05) is 0 Å². The van der Waals surface area contributed by atoms with Crippen LogP contribution in [0.3, 0.4) is 0 Å². The molecule has 0 aliphatic heterocycles. The van der Waals surface area contributed by atoms with E-state index in [4.69, 9.17) is 4.74 Å². The Morgan fingerprint density at radius 1 is 1.50 bits per heavy atom. The van der Waals surface area contributed by atoms with Gasteiger partial charge in [-0.2, -0.15) is 0 Å². The topological polar surface area (TPSA) is 65.3 Å². The zero-order valence-electron chi connectivity index (χ0n) is 9.18. The Morgan fingerprint density at radius 3 is 2.81 bits per heavy atom. The molecular formula is C11H14N2O3. The zero-order chi connectivity index (χ0) is 11.5. The lowest BCUT2D eigenvalue weighted by Gasteiger charge is -2.11. The molecule has 1 aromatic rings. The van der Waals surface area contributed by atoms with Crippen molar-refractivity contribution in [2.45, 2.75) is 38.7 Å². The van der Waals surface area contributed by atoms with Gasteiger partial charge in [-0.15, -0.1) is 0 Å². The summed E-state index contributed by atoms with van der Waals surface area (Å²) in [5.41, 5.74) is 0.734. The van der Waals surface area contributed by atoms with Crippen LogP contribution >= 0.6 is 0 Å². The molecule has 0 atom stereocenters. The molecule has 0 saturated heterocycles. The SMILES string of the molecule is Cc1cnc(OC2CCCC2)c([N+](=O)[O-])c1. The van der Waals surface area contributed by atoms with Crippen LogP contribution in [0.25, 0.3) is 0 Å². The van der Waals surface area contributed by atoms with Gasteiger partial charge >= 0.3 is 5.69 Å². The molecule has 0 amide bonds. The van der Waals surface area contributed by atoms with Crippen molar-refractivity contribution in [3.8, 4) is 5.88 Å². The van der Waals surface area contributed by atoms with Crippen LogP contribution in [0.4, 0.5) is 5.69 Å². The van der Waals surface area contributed by atoms with E-state index in [0.29, 0.717) is 0 Å². The number of aromatic nitrogens is 1. The average Bonchev–Trinajstić information content (AvgIpc) is 2.73. The highest BCUT2D eigenvalue weighted by atomic mass is 16.6. The fraction of sp³-hybridized carbons (Fsp3) is 0.545. The van der Waals surface area contributed by atoms with Crippen LogP contribution < -0.4 is 4.74 Å². The summed E-state index contributed by atoms with van der Waals surface area (Å²) in [6.45, 7) is 1.78. The van der Waals surface area contributed by atoms with E-state index >= 15 is 0 Å². The monoisotopic (exact) mass is 222 g/mol. The summed E-state index contributed by atoms with van der Waals surface area (Å²) in [5.74, 6) is 0.155. The average molecular weight is 222 g/mol. The van der Waals surface area contributed by atoms with Crippen molar-refractivity contribution >= 4 is 5.69 Å². The van der Waals surface area contributed by atoms with Gasteiger partial charge in [-0.3, -0.25) is 10.1 Å². The van der Waals surface area contributed by atoms with Crippen molar-refractivity contribution in [3.63, 3.8) is 0 Å². The summed E-state index contributed by atoms with van der Waals surface area (Å²) in [6.07, 6.45) is 5.87. The van der Waals surface area contributed by atoms with Gasteiger partial charge in [0.2, 0.25) is 0 Å². The van der Waals surface area contributed by atoms with Gasteiger partial charge in [0.15, 0.2) is 0 Å². The number of hydrogen-bond acceptors (Lipinski definition) is 4. The standard InChI is InChI=1S/C11H14N2O3/c1-8-6-10(13(14)15)11(12-7-8)16-9-4-2-3-5-9/h6-7,9H,2-5H2,1H3. The maximum atomic E-state index is 10.8. The molecule has 1 aromatic heterocycles. The van der Waals surface area contributed by atoms with E-state index in [2.05, 4.69) is 4.98 Å². The Bertz CT molecular complexity index is 400. The molecule has 5 nitrogen and oxygen atoms in total. The molecule has 0 unspecified atom stereocenters. The maximum Gasteiger partial charge on any atom is 0.331 e. The van der Waals surface area contributed by atoms with Gasteiger partial charge in [-0.25, -0.2) is 4.98 Å². The molecule has 0 spiro atoms. The molecule has 2 rings (SSSR count). The van der Waals surface area contributed by atoms with Gasteiger partial charge in [-0.05, 0) is 38.2 Å². The molecule has 86 valence electrons. The Kier molecular flexibility index (Phi) is 3.03. The third-order valence-corrected chi connectivity index (χ3v) is 2.75. The Hall–Kier alpha value is -1.65. The lowest BCUT2D eigenvalue weighted by molar-refractivity contribution is -0.386. The van der Waals surface area contributed by atoms with Crippen molar-refractivity contribution in [1.29, 1.82) is 0 Å². The molecule has 1 aliphatic rings. The Balaban J connectivity index is 2.21. The highest BCUT2D eigenvalue weighted by Gasteiger charge is 2.23. The first kappa shape index (κ1) is 10.9. The van der Waals surface area contributed by atoms with E-state index < -0.39 is 4.92 Å². The summed E-state index contributed by atoms with van der Waals surface area (Å²) < 4.78 is 5.57. The minimum atomic E-state index is -0.440. The quantitative estimate of drug-likeness (QED) is 0.582. The third-order valence-electron chi connectivity index (χ3n) is 2.75. The van der Waals surface area contributed by atoms with E-state index in [1.165, 1.54) is 6.07 Å². The summed E-state index contributed by atoms with van der Waals surface area (Å²) in [7, 11) is 0. The van der Waals surface area contributed by atoms with Gasteiger partial charge in [0.25, 0.3) is 5.88 Å². The fourth-order valence-electron chi connectivity index (χ4n) is 1.93. The number of aryl methyl sites for hydroxylation is 1. The molecule has 16 heavy (non-hydrogen) atoms. The van der Waals surface area contributed by atoms with E-state index in [1.807, 2.05) is 0 Å². The lowest BCUT2D eigenvalue weighted by atomic mass is 10.3. The number of nitro groups is 1.